The molecule has 206 valence electrons. The first kappa shape index (κ1) is 27.1. The van der Waals surface area contributed by atoms with Gasteiger partial charge in [-0.1, -0.05) is 54.9 Å². The number of halogens is 1. The topological polar surface area (TPSA) is 58.4 Å². The molecule has 9 heteroatoms. The maximum atomic E-state index is 13.9. The quantitative estimate of drug-likeness (QED) is 0.251. The van der Waals surface area contributed by atoms with Crippen molar-refractivity contribution >= 4 is 52.3 Å². The molecule has 1 atom stereocenters. The molecule has 0 unspecified atom stereocenters. The van der Waals surface area contributed by atoms with Crippen molar-refractivity contribution in [3.8, 4) is 16.3 Å². The lowest BCUT2D eigenvalue weighted by Gasteiger charge is -2.32. The van der Waals surface area contributed by atoms with E-state index in [0.29, 0.717) is 16.8 Å². The third-order valence-electron chi connectivity index (χ3n) is 7.77. The third-order valence-corrected chi connectivity index (χ3v) is 10.1. The summed E-state index contributed by atoms with van der Waals surface area (Å²) >= 11 is 9.64. The molecule has 0 N–H and O–H groups in total. The van der Waals surface area contributed by atoms with Gasteiger partial charge in [-0.05, 0) is 66.5 Å². The van der Waals surface area contributed by atoms with Crippen LogP contribution in [-0.4, -0.2) is 51.9 Å². The van der Waals surface area contributed by atoms with Crippen LogP contribution in [0, 0.1) is 12.8 Å². The molecule has 0 saturated carbocycles. The number of nitrogens with zero attached hydrogens (tertiary/aromatic N) is 4. The fourth-order valence-electron chi connectivity index (χ4n) is 5.51. The van der Waals surface area contributed by atoms with Crippen LogP contribution in [0.1, 0.15) is 41.7 Å². The van der Waals surface area contributed by atoms with Crippen LogP contribution in [0.2, 0.25) is 5.02 Å². The van der Waals surface area contributed by atoms with Crippen LogP contribution in [-0.2, 0) is 9.59 Å². The summed E-state index contributed by atoms with van der Waals surface area (Å²) in [7, 11) is 0. The Balaban J connectivity index is 1.56. The second-order valence-electron chi connectivity index (χ2n) is 10.6. The Morgan fingerprint density at radius 3 is 2.60 bits per heavy atom. The van der Waals surface area contributed by atoms with Gasteiger partial charge in [-0.25, -0.2) is 4.68 Å². The highest BCUT2D eigenvalue weighted by atomic mass is 35.5. The van der Waals surface area contributed by atoms with Crippen LogP contribution in [0.25, 0.3) is 16.3 Å². The highest BCUT2D eigenvalue weighted by molar-refractivity contribution is 8.00. The zero-order valence-electron chi connectivity index (χ0n) is 22.5. The highest BCUT2D eigenvalue weighted by Crippen LogP contribution is 2.49. The number of amides is 2. The molecule has 6 nitrogen and oxygen atoms in total. The minimum Gasteiger partial charge on any atom is -0.341 e. The average Bonchev–Trinajstić information content (AvgIpc) is 3.58. The van der Waals surface area contributed by atoms with E-state index in [4.69, 9.17) is 16.7 Å². The number of rotatable bonds is 5. The van der Waals surface area contributed by atoms with Gasteiger partial charge < -0.3 is 4.90 Å². The lowest BCUT2D eigenvalue weighted by atomic mass is 9.99. The zero-order chi connectivity index (χ0) is 27.8. The molecule has 4 aromatic rings. The van der Waals surface area contributed by atoms with Crippen LogP contribution < -0.4 is 4.90 Å². The van der Waals surface area contributed by atoms with Crippen LogP contribution in [0.4, 0.5) is 5.82 Å². The summed E-state index contributed by atoms with van der Waals surface area (Å²) in [5, 5.41) is 7.67. The first-order valence-electron chi connectivity index (χ1n) is 13.6. The maximum absolute atomic E-state index is 13.9. The van der Waals surface area contributed by atoms with E-state index in [-0.39, 0.29) is 29.4 Å². The van der Waals surface area contributed by atoms with Crippen LogP contribution in [0.5, 0.6) is 0 Å². The minimum atomic E-state index is -0.191. The Labute approximate surface area is 247 Å². The number of carbonyl (C=O) groups is 2. The van der Waals surface area contributed by atoms with Gasteiger partial charge in [0.05, 0.1) is 21.6 Å². The number of carbonyl (C=O) groups excluding carboxylic acids is 2. The van der Waals surface area contributed by atoms with Crippen molar-refractivity contribution in [2.75, 3.05) is 30.3 Å². The maximum Gasteiger partial charge on any atom is 0.242 e. The number of benzene rings is 2. The van der Waals surface area contributed by atoms with Gasteiger partial charge in [0, 0.05) is 23.7 Å². The second kappa shape index (κ2) is 11.4. The molecule has 0 bridgehead atoms. The van der Waals surface area contributed by atoms with E-state index in [1.54, 1.807) is 28.0 Å². The number of para-hydroxylation sites is 1. The second-order valence-corrected chi connectivity index (χ2v) is 13.0. The van der Waals surface area contributed by atoms with E-state index in [1.807, 2.05) is 70.4 Å². The fraction of sp³-hybridized carbons (Fsp3) is 0.323. The summed E-state index contributed by atoms with van der Waals surface area (Å²) in [6.45, 7) is 5.72. The first-order chi connectivity index (χ1) is 19.4. The number of aromatic nitrogens is 2. The molecule has 6 rings (SSSR count). The van der Waals surface area contributed by atoms with Crippen molar-refractivity contribution in [3.05, 3.63) is 87.8 Å². The zero-order valence-corrected chi connectivity index (χ0v) is 24.9. The van der Waals surface area contributed by atoms with E-state index in [1.165, 1.54) is 0 Å². The average molecular weight is 591 g/mol. The molecular formula is C31H31ClN4O2S2. The molecule has 4 heterocycles. The fourth-order valence-corrected chi connectivity index (χ4v) is 7.62. The normalized spacial score (nSPS) is 18.1. The lowest BCUT2D eigenvalue weighted by molar-refractivity contribution is -0.132. The van der Waals surface area contributed by atoms with E-state index in [0.717, 1.165) is 58.9 Å². The highest BCUT2D eigenvalue weighted by Gasteiger charge is 2.39. The van der Waals surface area contributed by atoms with E-state index < -0.39 is 0 Å². The predicted octanol–water partition coefficient (Wildman–Crippen LogP) is 6.99. The Morgan fingerprint density at radius 2 is 1.88 bits per heavy atom. The van der Waals surface area contributed by atoms with E-state index in [9.17, 15) is 9.59 Å². The molecule has 1 saturated heterocycles. The monoisotopic (exact) mass is 590 g/mol. The number of hydrogen-bond acceptors (Lipinski definition) is 5. The summed E-state index contributed by atoms with van der Waals surface area (Å²) in [6, 6.07) is 19.9. The summed E-state index contributed by atoms with van der Waals surface area (Å²) in [4.78, 5) is 32.2. The molecule has 0 spiro atoms. The number of hydrogen-bond donors (Lipinski definition) is 0. The molecular weight excluding hydrogens is 560 g/mol. The summed E-state index contributed by atoms with van der Waals surface area (Å²) in [5.74, 6) is 1.40. The molecule has 2 aliphatic heterocycles. The number of thioether (sulfide) groups is 1. The lowest BCUT2D eigenvalue weighted by Crippen LogP contribution is -2.46. The predicted molar refractivity (Wildman–Crippen MR) is 165 cm³/mol. The van der Waals surface area contributed by atoms with Crippen LogP contribution >= 0.6 is 34.7 Å². The molecule has 2 amide bonds. The van der Waals surface area contributed by atoms with Crippen molar-refractivity contribution in [1.29, 1.82) is 0 Å². The molecule has 2 aromatic carbocycles. The van der Waals surface area contributed by atoms with Gasteiger partial charge in [0.1, 0.15) is 18.1 Å². The third kappa shape index (κ3) is 5.20. The molecule has 2 aliphatic rings. The largest absolute Gasteiger partial charge is 0.341 e. The van der Waals surface area contributed by atoms with Crippen molar-refractivity contribution < 1.29 is 9.59 Å². The Kier molecular flexibility index (Phi) is 7.75. The van der Waals surface area contributed by atoms with Gasteiger partial charge in [0.15, 0.2) is 0 Å². The molecule has 2 aromatic heterocycles. The molecule has 1 fully saturated rings. The first-order valence-corrected chi connectivity index (χ1v) is 15.9. The van der Waals surface area contributed by atoms with Gasteiger partial charge in [-0.2, -0.15) is 5.10 Å². The van der Waals surface area contributed by atoms with Crippen LogP contribution in [0.15, 0.2) is 66.0 Å². The van der Waals surface area contributed by atoms with Crippen molar-refractivity contribution in [2.45, 2.75) is 31.9 Å². The Morgan fingerprint density at radius 1 is 1.07 bits per heavy atom. The van der Waals surface area contributed by atoms with Crippen molar-refractivity contribution in [1.82, 2.24) is 14.7 Å². The molecule has 0 aliphatic carbocycles. The summed E-state index contributed by atoms with van der Waals surface area (Å²) in [5.41, 5.74) is 4.68. The smallest absolute Gasteiger partial charge is 0.242 e. The van der Waals surface area contributed by atoms with Gasteiger partial charge >= 0.3 is 0 Å². The SMILES string of the molecule is Cc1ccccc1-n1nc(-c2cccs2)c2c1N(CC(=O)N1CCC(C)CC1)C(=O)CS[C@H]2c1cccc(Cl)c1. The molecule has 0 radical (unpaired) electrons. The molecule has 40 heavy (non-hydrogen) atoms. The number of piperidine rings is 1. The van der Waals surface area contributed by atoms with Crippen LogP contribution in [0.3, 0.4) is 0 Å². The minimum absolute atomic E-state index is 0.00943. The number of likely N-dealkylation sites (tertiary alicyclic amines) is 1. The van der Waals surface area contributed by atoms with Gasteiger partial charge in [0.2, 0.25) is 11.8 Å². The van der Waals surface area contributed by atoms with Gasteiger partial charge in [0.25, 0.3) is 0 Å². The van der Waals surface area contributed by atoms with Gasteiger partial charge in [-0.15, -0.1) is 23.1 Å². The number of thiophene rings is 1. The number of fused-ring (bicyclic) bond motifs is 1. The summed E-state index contributed by atoms with van der Waals surface area (Å²) in [6.07, 6.45) is 1.97. The van der Waals surface area contributed by atoms with Crippen molar-refractivity contribution in [3.63, 3.8) is 0 Å². The number of aryl methyl sites for hydroxylation is 1. The number of anilines is 1. The summed E-state index contributed by atoms with van der Waals surface area (Å²) < 4.78 is 1.88. The Hall–Kier alpha value is -3.07. The van der Waals surface area contributed by atoms with E-state index >= 15 is 0 Å². The van der Waals surface area contributed by atoms with Gasteiger partial charge in [-0.3, -0.25) is 14.5 Å². The standard InChI is InChI=1S/C31H31ClN4O2S2/c1-20-12-14-34(15-13-20)26(37)18-35-27(38)19-40-30(22-8-5-9-23(32)17-22)28-29(25-11-6-16-39-25)33-36(31(28)35)24-10-4-3-7-21(24)2/h3-11,16-17,20,30H,12-15,18-19H2,1-2H3/t30-/m0/s1. The van der Waals surface area contributed by atoms with E-state index in [2.05, 4.69) is 19.1 Å². The Bertz CT molecular complexity index is 1540. The van der Waals surface area contributed by atoms with Crippen molar-refractivity contribution in [2.24, 2.45) is 5.92 Å².